The van der Waals surface area contributed by atoms with E-state index in [4.69, 9.17) is 16.3 Å². The Bertz CT molecular complexity index is 687. The molecule has 0 spiro atoms. The van der Waals surface area contributed by atoms with Crippen LogP contribution in [0.2, 0.25) is 5.02 Å². The number of nitrogens with zero attached hydrogens (tertiary/aromatic N) is 1. The van der Waals surface area contributed by atoms with Crippen LogP contribution in [-0.2, 0) is 4.79 Å². The standard InChI is InChI=1S/C15H11ClF2N2O2/c16-11-4-3-6-12(17)10(11)8-19-20-15(21)9-22-14-7-2-1-5-13(14)18/h1-8H,9H2,(H,20,21)/b19-8+. The van der Waals surface area contributed by atoms with Crippen LogP contribution in [-0.4, -0.2) is 18.7 Å². The molecule has 0 aliphatic heterocycles. The maximum absolute atomic E-state index is 13.4. The first-order chi connectivity index (χ1) is 10.6. The first-order valence-electron chi connectivity index (χ1n) is 6.21. The van der Waals surface area contributed by atoms with Crippen LogP contribution < -0.4 is 10.2 Å². The third-order valence-corrected chi connectivity index (χ3v) is 2.91. The number of benzene rings is 2. The molecule has 22 heavy (non-hydrogen) atoms. The molecule has 114 valence electrons. The quantitative estimate of drug-likeness (QED) is 0.678. The molecule has 0 atom stereocenters. The van der Waals surface area contributed by atoms with E-state index in [1.807, 2.05) is 0 Å². The summed E-state index contributed by atoms with van der Waals surface area (Å²) < 4.78 is 31.7. The van der Waals surface area contributed by atoms with E-state index >= 15 is 0 Å². The molecule has 2 rings (SSSR count). The van der Waals surface area contributed by atoms with Gasteiger partial charge in [-0.15, -0.1) is 0 Å². The highest BCUT2D eigenvalue weighted by Crippen LogP contribution is 2.16. The van der Waals surface area contributed by atoms with Crippen molar-refractivity contribution in [2.45, 2.75) is 0 Å². The van der Waals surface area contributed by atoms with Gasteiger partial charge in [0.25, 0.3) is 5.91 Å². The Kier molecular flexibility index (Phi) is 5.43. The number of ether oxygens (including phenoxy) is 1. The predicted octanol–water partition coefficient (Wildman–Crippen LogP) is 3.15. The molecule has 4 nitrogen and oxygen atoms in total. The second-order valence-corrected chi connectivity index (χ2v) is 4.55. The van der Waals surface area contributed by atoms with Gasteiger partial charge in [0, 0.05) is 5.56 Å². The molecule has 0 bridgehead atoms. The highest BCUT2D eigenvalue weighted by Gasteiger charge is 2.06. The molecule has 0 saturated heterocycles. The van der Waals surface area contributed by atoms with Crippen molar-refractivity contribution in [3.8, 4) is 5.75 Å². The number of nitrogens with one attached hydrogen (secondary N) is 1. The molecule has 2 aromatic carbocycles. The van der Waals surface area contributed by atoms with Gasteiger partial charge in [0.15, 0.2) is 18.2 Å². The molecule has 1 N–H and O–H groups in total. The van der Waals surface area contributed by atoms with E-state index in [1.54, 1.807) is 6.07 Å². The Labute approximate surface area is 130 Å². The highest BCUT2D eigenvalue weighted by molar-refractivity contribution is 6.33. The highest BCUT2D eigenvalue weighted by atomic mass is 35.5. The fraction of sp³-hybridized carbons (Fsp3) is 0.0667. The lowest BCUT2D eigenvalue weighted by Gasteiger charge is -2.05. The van der Waals surface area contributed by atoms with Crippen molar-refractivity contribution in [2.75, 3.05) is 6.61 Å². The van der Waals surface area contributed by atoms with Crippen LogP contribution in [0.25, 0.3) is 0 Å². The normalized spacial score (nSPS) is 10.7. The van der Waals surface area contributed by atoms with Crippen molar-refractivity contribution < 1.29 is 18.3 Å². The number of para-hydroxylation sites is 1. The second-order valence-electron chi connectivity index (χ2n) is 4.15. The molecule has 0 aliphatic rings. The van der Waals surface area contributed by atoms with E-state index in [9.17, 15) is 13.6 Å². The zero-order valence-electron chi connectivity index (χ0n) is 11.2. The van der Waals surface area contributed by atoms with Crippen molar-refractivity contribution >= 4 is 23.7 Å². The van der Waals surface area contributed by atoms with E-state index in [-0.39, 0.29) is 16.3 Å². The number of rotatable bonds is 5. The van der Waals surface area contributed by atoms with Gasteiger partial charge >= 0.3 is 0 Å². The Morgan fingerprint density at radius 3 is 2.64 bits per heavy atom. The van der Waals surface area contributed by atoms with Gasteiger partial charge in [-0.3, -0.25) is 4.79 Å². The van der Waals surface area contributed by atoms with Crippen LogP contribution in [0, 0.1) is 11.6 Å². The fourth-order valence-corrected chi connectivity index (χ4v) is 1.75. The zero-order valence-corrected chi connectivity index (χ0v) is 12.0. The Hall–Kier alpha value is -2.47. The topological polar surface area (TPSA) is 50.7 Å². The molecule has 0 radical (unpaired) electrons. The molecule has 1 amide bonds. The summed E-state index contributed by atoms with van der Waals surface area (Å²) >= 11 is 5.79. The van der Waals surface area contributed by atoms with Crippen molar-refractivity contribution in [3.05, 3.63) is 64.7 Å². The van der Waals surface area contributed by atoms with Gasteiger partial charge in [0.2, 0.25) is 0 Å². The van der Waals surface area contributed by atoms with E-state index < -0.39 is 24.1 Å². The van der Waals surface area contributed by atoms with Gasteiger partial charge in [-0.1, -0.05) is 29.8 Å². The largest absolute Gasteiger partial charge is 0.481 e. The summed E-state index contributed by atoms with van der Waals surface area (Å²) in [7, 11) is 0. The van der Waals surface area contributed by atoms with Crippen LogP contribution in [0.3, 0.4) is 0 Å². The average molecular weight is 325 g/mol. The number of carbonyl (C=O) groups is 1. The Morgan fingerprint density at radius 2 is 1.91 bits per heavy atom. The first kappa shape index (κ1) is 15.9. The third kappa shape index (κ3) is 4.26. The van der Waals surface area contributed by atoms with E-state index in [0.29, 0.717) is 0 Å². The molecule has 0 aliphatic carbocycles. The molecule has 0 saturated carbocycles. The van der Waals surface area contributed by atoms with Gasteiger partial charge in [0.05, 0.1) is 11.2 Å². The summed E-state index contributed by atoms with van der Waals surface area (Å²) in [5.41, 5.74) is 2.19. The number of hydrogen-bond acceptors (Lipinski definition) is 3. The average Bonchev–Trinajstić information content (AvgIpc) is 2.49. The summed E-state index contributed by atoms with van der Waals surface area (Å²) in [4.78, 5) is 11.5. The summed E-state index contributed by atoms with van der Waals surface area (Å²) in [5.74, 6) is -1.80. The summed E-state index contributed by atoms with van der Waals surface area (Å²) in [5, 5.41) is 3.74. The molecule has 0 aromatic heterocycles. The van der Waals surface area contributed by atoms with Crippen LogP contribution in [0.1, 0.15) is 5.56 Å². The minimum atomic E-state index is -0.619. The van der Waals surface area contributed by atoms with E-state index in [2.05, 4.69) is 10.5 Å². The van der Waals surface area contributed by atoms with Crippen LogP contribution >= 0.6 is 11.6 Å². The lowest BCUT2D eigenvalue weighted by molar-refractivity contribution is -0.123. The molecule has 2 aromatic rings. The monoisotopic (exact) mass is 324 g/mol. The van der Waals surface area contributed by atoms with Gasteiger partial charge in [-0.05, 0) is 24.3 Å². The second kappa shape index (κ2) is 7.51. The van der Waals surface area contributed by atoms with Crippen LogP contribution in [0.5, 0.6) is 5.75 Å². The maximum atomic E-state index is 13.4. The first-order valence-corrected chi connectivity index (χ1v) is 6.59. The SMILES string of the molecule is O=C(COc1ccccc1F)N/N=C/c1c(F)cccc1Cl. The minimum absolute atomic E-state index is 0.0428. The molecular weight excluding hydrogens is 314 g/mol. The molecule has 0 fully saturated rings. The predicted molar refractivity (Wildman–Crippen MR) is 79.0 cm³/mol. The van der Waals surface area contributed by atoms with Gasteiger partial charge in [0.1, 0.15) is 5.82 Å². The Balaban J connectivity index is 1.88. The number of hydrogen-bond donors (Lipinski definition) is 1. The van der Waals surface area contributed by atoms with Crippen LogP contribution in [0.15, 0.2) is 47.6 Å². The molecular formula is C15H11ClF2N2O2. The van der Waals surface area contributed by atoms with E-state index in [0.717, 1.165) is 6.21 Å². The van der Waals surface area contributed by atoms with Crippen molar-refractivity contribution in [2.24, 2.45) is 5.10 Å². The van der Waals surface area contributed by atoms with Crippen molar-refractivity contribution in [1.29, 1.82) is 0 Å². The van der Waals surface area contributed by atoms with Crippen LogP contribution in [0.4, 0.5) is 8.78 Å². The Morgan fingerprint density at radius 1 is 1.18 bits per heavy atom. The summed E-state index contributed by atoms with van der Waals surface area (Å²) in [6.45, 7) is -0.427. The number of halogens is 3. The molecule has 0 unspecified atom stereocenters. The van der Waals surface area contributed by atoms with Crippen molar-refractivity contribution in [3.63, 3.8) is 0 Å². The summed E-state index contributed by atoms with van der Waals surface area (Å²) in [6.07, 6.45) is 1.08. The summed E-state index contributed by atoms with van der Waals surface area (Å²) in [6, 6.07) is 9.86. The third-order valence-electron chi connectivity index (χ3n) is 2.58. The number of carbonyl (C=O) groups excluding carboxylic acids is 1. The fourth-order valence-electron chi connectivity index (χ4n) is 1.54. The minimum Gasteiger partial charge on any atom is -0.481 e. The zero-order chi connectivity index (χ0) is 15.9. The van der Waals surface area contributed by atoms with Crippen molar-refractivity contribution in [1.82, 2.24) is 5.43 Å². The van der Waals surface area contributed by atoms with Gasteiger partial charge in [-0.25, -0.2) is 14.2 Å². The smallest absolute Gasteiger partial charge is 0.277 e. The van der Waals surface area contributed by atoms with E-state index in [1.165, 1.54) is 36.4 Å². The number of amides is 1. The number of hydrazone groups is 1. The van der Waals surface area contributed by atoms with Gasteiger partial charge < -0.3 is 4.74 Å². The lowest BCUT2D eigenvalue weighted by Crippen LogP contribution is -2.24. The molecule has 0 heterocycles. The maximum Gasteiger partial charge on any atom is 0.277 e. The molecule has 7 heteroatoms. The van der Waals surface area contributed by atoms with Gasteiger partial charge in [-0.2, -0.15) is 5.10 Å². The lowest BCUT2D eigenvalue weighted by atomic mass is 10.2.